The molecule has 114 valence electrons. The van der Waals surface area contributed by atoms with Crippen molar-refractivity contribution in [1.82, 2.24) is 4.90 Å². The molecule has 1 aromatic carbocycles. The SMILES string of the molecule is CSC1(C(N)=S)CCN(C(=O)c2ccc(Br)cc2Cl)CC1. The van der Waals surface area contributed by atoms with Crippen molar-refractivity contribution < 1.29 is 4.79 Å². The minimum atomic E-state index is -0.185. The van der Waals surface area contributed by atoms with E-state index in [1.807, 2.05) is 17.2 Å². The van der Waals surface area contributed by atoms with Gasteiger partial charge in [0, 0.05) is 17.6 Å². The Morgan fingerprint density at radius 3 is 2.57 bits per heavy atom. The normalized spacial score (nSPS) is 17.6. The van der Waals surface area contributed by atoms with Gasteiger partial charge in [-0.05, 0) is 37.3 Å². The average molecular weight is 408 g/mol. The molecule has 7 heteroatoms. The molecule has 0 spiro atoms. The molecule has 1 aromatic rings. The van der Waals surface area contributed by atoms with Crippen LogP contribution in [0.3, 0.4) is 0 Å². The molecule has 0 aromatic heterocycles. The highest BCUT2D eigenvalue weighted by Gasteiger charge is 2.38. The number of carbonyl (C=O) groups is 1. The van der Waals surface area contributed by atoms with Crippen LogP contribution in [0, 0.1) is 0 Å². The van der Waals surface area contributed by atoms with Crippen molar-refractivity contribution in [2.75, 3.05) is 19.3 Å². The first kappa shape index (κ1) is 17.1. The van der Waals surface area contributed by atoms with Gasteiger partial charge in [0.25, 0.3) is 5.91 Å². The van der Waals surface area contributed by atoms with Crippen LogP contribution < -0.4 is 5.73 Å². The highest BCUT2D eigenvalue weighted by molar-refractivity contribution is 9.10. The second-order valence-corrected chi connectivity index (χ2v) is 7.93. The smallest absolute Gasteiger partial charge is 0.255 e. The number of thiocarbonyl (C=S) groups is 1. The number of hydrogen-bond acceptors (Lipinski definition) is 3. The summed E-state index contributed by atoms with van der Waals surface area (Å²) in [5.74, 6) is -0.0369. The summed E-state index contributed by atoms with van der Waals surface area (Å²) in [6.07, 6.45) is 3.58. The number of nitrogens with zero attached hydrogens (tertiary/aromatic N) is 1. The maximum absolute atomic E-state index is 12.6. The summed E-state index contributed by atoms with van der Waals surface area (Å²) in [7, 11) is 0. The highest BCUT2D eigenvalue weighted by Crippen LogP contribution is 2.35. The topological polar surface area (TPSA) is 46.3 Å². The fourth-order valence-electron chi connectivity index (χ4n) is 2.46. The van der Waals surface area contributed by atoms with Gasteiger partial charge in [0.15, 0.2) is 0 Å². The lowest BCUT2D eigenvalue weighted by Crippen LogP contribution is -2.50. The van der Waals surface area contributed by atoms with Crippen LogP contribution in [-0.4, -0.2) is 39.9 Å². The molecule has 21 heavy (non-hydrogen) atoms. The third-order valence-corrected chi connectivity index (χ3v) is 6.60. The van der Waals surface area contributed by atoms with Gasteiger partial charge in [0.2, 0.25) is 0 Å². The van der Waals surface area contributed by atoms with Gasteiger partial charge in [-0.15, -0.1) is 0 Å². The maximum atomic E-state index is 12.6. The Morgan fingerprint density at radius 1 is 1.48 bits per heavy atom. The first-order valence-electron chi connectivity index (χ1n) is 6.49. The van der Waals surface area contributed by atoms with E-state index in [0.29, 0.717) is 28.7 Å². The molecule has 3 nitrogen and oxygen atoms in total. The Balaban J connectivity index is 2.12. The minimum absolute atomic E-state index is 0.0369. The lowest BCUT2D eigenvalue weighted by molar-refractivity contribution is 0.0719. The Hall–Kier alpha value is -0.300. The Labute approximate surface area is 147 Å². The first-order chi connectivity index (χ1) is 9.89. The number of carbonyl (C=O) groups excluding carboxylic acids is 1. The lowest BCUT2D eigenvalue weighted by Gasteiger charge is -2.40. The van der Waals surface area contributed by atoms with Crippen LogP contribution in [0.2, 0.25) is 5.02 Å². The largest absolute Gasteiger partial charge is 0.392 e. The summed E-state index contributed by atoms with van der Waals surface area (Å²) in [4.78, 5) is 14.9. The minimum Gasteiger partial charge on any atom is -0.392 e. The van der Waals surface area contributed by atoms with Crippen LogP contribution >= 0.6 is 51.5 Å². The third kappa shape index (κ3) is 3.55. The van der Waals surface area contributed by atoms with Gasteiger partial charge >= 0.3 is 0 Å². The van der Waals surface area contributed by atoms with Crippen LogP contribution in [0.1, 0.15) is 23.2 Å². The predicted molar refractivity (Wildman–Crippen MR) is 97.3 cm³/mol. The Morgan fingerprint density at radius 2 is 2.10 bits per heavy atom. The molecule has 1 heterocycles. The van der Waals surface area contributed by atoms with Crippen LogP contribution in [-0.2, 0) is 0 Å². The number of nitrogens with two attached hydrogens (primary N) is 1. The second kappa shape index (κ2) is 6.86. The standard InChI is InChI=1S/C14H16BrClN2OS2/c1-21-14(13(17)20)4-6-18(7-5-14)12(19)10-3-2-9(15)8-11(10)16/h2-3,8H,4-7H2,1H3,(H2,17,20). The Bertz CT molecular complexity index is 574. The van der Waals surface area contributed by atoms with Gasteiger partial charge in [0.1, 0.15) is 0 Å². The summed E-state index contributed by atoms with van der Waals surface area (Å²) in [5, 5.41) is 0.463. The Kier molecular flexibility index (Phi) is 5.57. The van der Waals surface area contributed by atoms with E-state index < -0.39 is 0 Å². The number of hydrogen-bond donors (Lipinski definition) is 1. The van der Waals surface area contributed by atoms with E-state index in [1.54, 1.807) is 23.9 Å². The molecule has 1 saturated heterocycles. The number of likely N-dealkylation sites (tertiary alicyclic amines) is 1. The van der Waals surface area contributed by atoms with Crippen molar-refractivity contribution in [2.24, 2.45) is 5.73 Å². The molecule has 0 radical (unpaired) electrons. The van der Waals surface area contributed by atoms with Crippen molar-refractivity contribution in [1.29, 1.82) is 0 Å². The first-order valence-corrected chi connectivity index (χ1v) is 9.29. The van der Waals surface area contributed by atoms with Gasteiger partial charge in [0.05, 0.1) is 20.3 Å². The molecular weight excluding hydrogens is 392 g/mol. The van der Waals surface area contributed by atoms with Crippen LogP contribution in [0.4, 0.5) is 0 Å². The lowest BCUT2D eigenvalue weighted by atomic mass is 9.95. The van der Waals surface area contributed by atoms with Crippen molar-refractivity contribution >= 4 is 62.4 Å². The van der Waals surface area contributed by atoms with E-state index in [9.17, 15) is 4.79 Å². The van der Waals surface area contributed by atoms with Crippen molar-refractivity contribution in [3.63, 3.8) is 0 Å². The van der Waals surface area contributed by atoms with Gasteiger partial charge in [-0.25, -0.2) is 0 Å². The van der Waals surface area contributed by atoms with Crippen molar-refractivity contribution in [3.05, 3.63) is 33.3 Å². The fourth-order valence-corrected chi connectivity index (χ4v) is 4.46. The molecule has 0 saturated carbocycles. The second-order valence-electron chi connectivity index (χ2n) is 4.98. The summed E-state index contributed by atoms with van der Waals surface area (Å²) < 4.78 is 0.674. The molecule has 1 aliphatic heterocycles. The molecule has 1 amide bonds. The summed E-state index contributed by atoms with van der Waals surface area (Å²) in [5.41, 5.74) is 6.40. The van der Waals surface area contributed by atoms with E-state index in [2.05, 4.69) is 15.9 Å². The number of rotatable bonds is 3. The monoisotopic (exact) mass is 406 g/mol. The zero-order chi connectivity index (χ0) is 15.6. The van der Waals surface area contributed by atoms with Crippen LogP contribution in [0.15, 0.2) is 22.7 Å². The van der Waals surface area contributed by atoms with Gasteiger partial charge < -0.3 is 10.6 Å². The number of amides is 1. The zero-order valence-electron chi connectivity index (χ0n) is 11.6. The molecule has 0 aliphatic carbocycles. The molecule has 2 rings (SSSR count). The molecule has 0 bridgehead atoms. The molecule has 1 fully saturated rings. The van der Waals surface area contributed by atoms with E-state index in [0.717, 1.165) is 17.3 Å². The van der Waals surface area contributed by atoms with Gasteiger partial charge in [-0.3, -0.25) is 4.79 Å². The number of thioether (sulfide) groups is 1. The van der Waals surface area contributed by atoms with Crippen LogP contribution in [0.25, 0.3) is 0 Å². The van der Waals surface area contributed by atoms with Crippen molar-refractivity contribution in [3.8, 4) is 0 Å². The maximum Gasteiger partial charge on any atom is 0.255 e. The number of piperidine rings is 1. The van der Waals surface area contributed by atoms with E-state index >= 15 is 0 Å². The zero-order valence-corrected chi connectivity index (χ0v) is 15.5. The molecule has 0 atom stereocenters. The van der Waals surface area contributed by atoms with E-state index in [1.165, 1.54) is 0 Å². The van der Waals surface area contributed by atoms with Crippen molar-refractivity contribution in [2.45, 2.75) is 17.6 Å². The number of benzene rings is 1. The van der Waals surface area contributed by atoms with Crippen LogP contribution in [0.5, 0.6) is 0 Å². The summed E-state index contributed by atoms with van der Waals surface area (Å²) in [6.45, 7) is 1.28. The van der Waals surface area contributed by atoms with E-state index in [4.69, 9.17) is 29.6 Å². The average Bonchev–Trinajstić information content (AvgIpc) is 2.46. The molecule has 0 unspecified atom stereocenters. The fraction of sp³-hybridized carbons (Fsp3) is 0.429. The summed E-state index contributed by atoms with van der Waals surface area (Å²) in [6, 6.07) is 5.31. The van der Waals surface area contributed by atoms with Gasteiger partial charge in [-0.1, -0.05) is 39.7 Å². The van der Waals surface area contributed by atoms with Gasteiger partial charge in [-0.2, -0.15) is 11.8 Å². The third-order valence-electron chi connectivity index (χ3n) is 3.86. The molecule has 1 aliphatic rings. The summed E-state index contributed by atoms with van der Waals surface area (Å²) >= 11 is 16.4. The molecule has 2 N–H and O–H groups in total. The van der Waals surface area contributed by atoms with E-state index in [-0.39, 0.29) is 10.7 Å². The quantitative estimate of drug-likeness (QED) is 0.776. The number of halogens is 2. The predicted octanol–water partition coefficient (Wildman–Crippen LogP) is 3.73. The molecular formula is C14H16BrClN2OS2. The highest BCUT2D eigenvalue weighted by atomic mass is 79.9.